The summed E-state index contributed by atoms with van der Waals surface area (Å²) in [5.41, 5.74) is 0.553. The van der Waals surface area contributed by atoms with Crippen molar-refractivity contribution in [1.29, 1.82) is 0 Å². The summed E-state index contributed by atoms with van der Waals surface area (Å²) in [5, 5.41) is 3.50. The van der Waals surface area contributed by atoms with E-state index in [2.05, 4.69) is 31.1 Å². The Morgan fingerprint density at radius 1 is 1.11 bits per heavy atom. The molecule has 2 fully saturated rings. The average molecular weight is 266 g/mol. The second-order valence-corrected chi connectivity index (χ2v) is 7.11. The van der Waals surface area contributed by atoms with Crippen LogP contribution in [0.5, 0.6) is 0 Å². The molecule has 2 rings (SSSR count). The summed E-state index contributed by atoms with van der Waals surface area (Å²) in [4.78, 5) is 2.85. The molecule has 1 heterocycles. The maximum atomic E-state index is 3.50. The van der Waals surface area contributed by atoms with Crippen LogP contribution in [0.4, 0.5) is 0 Å². The summed E-state index contributed by atoms with van der Waals surface area (Å²) in [6.45, 7) is 7.37. The van der Waals surface area contributed by atoms with Gasteiger partial charge in [0.2, 0.25) is 0 Å². The summed E-state index contributed by atoms with van der Waals surface area (Å²) in [6, 6.07) is 1.66. The lowest BCUT2D eigenvalue weighted by atomic mass is 9.79. The SMILES string of the molecule is CCC1CCC(C)N1CC1(CNC)CCCCCC1. The molecule has 1 N–H and O–H groups in total. The van der Waals surface area contributed by atoms with Gasteiger partial charge in [-0.05, 0) is 51.5 Å². The second-order valence-electron chi connectivity index (χ2n) is 7.11. The highest BCUT2D eigenvalue weighted by atomic mass is 15.2. The van der Waals surface area contributed by atoms with Crippen molar-refractivity contribution in [1.82, 2.24) is 10.2 Å². The molecule has 1 aliphatic carbocycles. The van der Waals surface area contributed by atoms with Gasteiger partial charge in [0.05, 0.1) is 0 Å². The van der Waals surface area contributed by atoms with Crippen molar-refractivity contribution in [2.45, 2.75) is 83.7 Å². The number of hydrogen-bond donors (Lipinski definition) is 1. The van der Waals surface area contributed by atoms with E-state index in [1.54, 1.807) is 0 Å². The molecular formula is C17H34N2. The molecule has 0 aromatic carbocycles. The van der Waals surface area contributed by atoms with Gasteiger partial charge in [-0.15, -0.1) is 0 Å². The molecular weight excluding hydrogens is 232 g/mol. The Morgan fingerprint density at radius 3 is 2.37 bits per heavy atom. The average Bonchev–Trinajstić information content (AvgIpc) is 2.62. The Kier molecular flexibility index (Phi) is 5.70. The standard InChI is InChI=1S/C17H34N2/c1-4-16-10-9-15(2)19(16)14-17(13-18-3)11-7-5-6-8-12-17/h15-16,18H,4-14H2,1-3H3. The van der Waals surface area contributed by atoms with E-state index < -0.39 is 0 Å². The Balaban J connectivity index is 2.05. The first kappa shape index (κ1) is 15.3. The third-order valence-electron chi connectivity index (χ3n) is 5.66. The van der Waals surface area contributed by atoms with Crippen LogP contribution in [0.2, 0.25) is 0 Å². The second kappa shape index (κ2) is 7.08. The van der Waals surface area contributed by atoms with Gasteiger partial charge in [-0.3, -0.25) is 4.90 Å². The molecule has 1 aliphatic heterocycles. The Bertz CT molecular complexity index is 256. The van der Waals surface area contributed by atoms with E-state index >= 15 is 0 Å². The smallest absolute Gasteiger partial charge is 0.00962 e. The highest BCUT2D eigenvalue weighted by Crippen LogP contribution is 2.38. The third-order valence-corrected chi connectivity index (χ3v) is 5.66. The predicted molar refractivity (Wildman–Crippen MR) is 83.5 cm³/mol. The molecule has 1 saturated heterocycles. The normalized spacial score (nSPS) is 32.4. The van der Waals surface area contributed by atoms with Gasteiger partial charge < -0.3 is 5.32 Å². The minimum absolute atomic E-state index is 0.553. The molecule has 0 aromatic rings. The molecule has 2 atom stereocenters. The number of likely N-dealkylation sites (tertiary alicyclic amines) is 1. The lowest BCUT2D eigenvalue weighted by molar-refractivity contribution is 0.0929. The molecule has 0 amide bonds. The first-order chi connectivity index (χ1) is 9.21. The Hall–Kier alpha value is -0.0800. The molecule has 0 aromatic heterocycles. The van der Waals surface area contributed by atoms with Crippen molar-refractivity contribution < 1.29 is 0 Å². The highest BCUT2D eigenvalue weighted by Gasteiger charge is 2.38. The topological polar surface area (TPSA) is 15.3 Å². The maximum Gasteiger partial charge on any atom is 0.00962 e. The van der Waals surface area contributed by atoms with E-state index in [4.69, 9.17) is 0 Å². The largest absolute Gasteiger partial charge is 0.319 e. The van der Waals surface area contributed by atoms with Gasteiger partial charge in [0.1, 0.15) is 0 Å². The Morgan fingerprint density at radius 2 is 1.79 bits per heavy atom. The molecule has 2 aliphatic rings. The monoisotopic (exact) mass is 266 g/mol. The minimum atomic E-state index is 0.553. The van der Waals surface area contributed by atoms with Crippen LogP contribution in [0.15, 0.2) is 0 Å². The van der Waals surface area contributed by atoms with Crippen LogP contribution in [0.3, 0.4) is 0 Å². The summed E-state index contributed by atoms with van der Waals surface area (Å²) in [7, 11) is 2.14. The van der Waals surface area contributed by atoms with Gasteiger partial charge in [0, 0.05) is 25.2 Å². The van der Waals surface area contributed by atoms with Gasteiger partial charge >= 0.3 is 0 Å². The summed E-state index contributed by atoms with van der Waals surface area (Å²) < 4.78 is 0. The van der Waals surface area contributed by atoms with E-state index in [1.165, 1.54) is 70.9 Å². The number of nitrogens with zero attached hydrogens (tertiary/aromatic N) is 1. The summed E-state index contributed by atoms with van der Waals surface area (Å²) >= 11 is 0. The van der Waals surface area contributed by atoms with E-state index in [1.807, 2.05) is 0 Å². The van der Waals surface area contributed by atoms with Crippen LogP contribution in [0.25, 0.3) is 0 Å². The van der Waals surface area contributed by atoms with Gasteiger partial charge in [-0.25, -0.2) is 0 Å². The molecule has 2 unspecified atom stereocenters. The fourth-order valence-corrected chi connectivity index (χ4v) is 4.48. The van der Waals surface area contributed by atoms with Crippen LogP contribution in [0.1, 0.15) is 71.6 Å². The van der Waals surface area contributed by atoms with Crippen LogP contribution >= 0.6 is 0 Å². The lowest BCUT2D eigenvalue weighted by Gasteiger charge is -2.40. The zero-order valence-electron chi connectivity index (χ0n) is 13.4. The van der Waals surface area contributed by atoms with Gasteiger partial charge in [-0.1, -0.05) is 32.6 Å². The van der Waals surface area contributed by atoms with Crippen LogP contribution in [0, 0.1) is 5.41 Å². The van der Waals surface area contributed by atoms with Gasteiger partial charge in [-0.2, -0.15) is 0 Å². The number of rotatable bonds is 5. The van der Waals surface area contributed by atoms with Crippen LogP contribution < -0.4 is 5.32 Å². The van der Waals surface area contributed by atoms with Crippen LogP contribution in [-0.2, 0) is 0 Å². The van der Waals surface area contributed by atoms with E-state index in [-0.39, 0.29) is 0 Å². The fraction of sp³-hybridized carbons (Fsp3) is 1.00. The molecule has 0 radical (unpaired) electrons. The predicted octanol–water partition coefficient (Wildman–Crippen LogP) is 3.81. The molecule has 19 heavy (non-hydrogen) atoms. The van der Waals surface area contributed by atoms with Crippen molar-refractivity contribution in [2.75, 3.05) is 20.1 Å². The van der Waals surface area contributed by atoms with E-state index in [0.717, 1.165) is 12.1 Å². The zero-order chi connectivity index (χ0) is 13.7. The lowest BCUT2D eigenvalue weighted by Crippen LogP contribution is -2.47. The first-order valence-corrected chi connectivity index (χ1v) is 8.61. The van der Waals surface area contributed by atoms with Crippen molar-refractivity contribution in [2.24, 2.45) is 5.41 Å². The minimum Gasteiger partial charge on any atom is -0.319 e. The molecule has 112 valence electrons. The first-order valence-electron chi connectivity index (χ1n) is 8.61. The molecule has 2 heteroatoms. The molecule has 0 spiro atoms. The summed E-state index contributed by atoms with van der Waals surface area (Å²) in [6.07, 6.45) is 12.8. The van der Waals surface area contributed by atoms with Crippen molar-refractivity contribution in [3.63, 3.8) is 0 Å². The van der Waals surface area contributed by atoms with E-state index in [9.17, 15) is 0 Å². The molecule has 1 saturated carbocycles. The molecule has 0 bridgehead atoms. The van der Waals surface area contributed by atoms with E-state index in [0.29, 0.717) is 5.41 Å². The van der Waals surface area contributed by atoms with Crippen molar-refractivity contribution in [3.8, 4) is 0 Å². The quantitative estimate of drug-likeness (QED) is 0.761. The van der Waals surface area contributed by atoms with Gasteiger partial charge in [0.15, 0.2) is 0 Å². The van der Waals surface area contributed by atoms with Gasteiger partial charge in [0.25, 0.3) is 0 Å². The van der Waals surface area contributed by atoms with Crippen molar-refractivity contribution >= 4 is 0 Å². The maximum absolute atomic E-state index is 3.50. The third kappa shape index (κ3) is 3.72. The highest BCUT2D eigenvalue weighted by molar-refractivity contribution is 4.92. The fourth-order valence-electron chi connectivity index (χ4n) is 4.48. The zero-order valence-corrected chi connectivity index (χ0v) is 13.4. The number of nitrogens with one attached hydrogen (secondary N) is 1. The van der Waals surface area contributed by atoms with Crippen molar-refractivity contribution in [3.05, 3.63) is 0 Å². The summed E-state index contributed by atoms with van der Waals surface area (Å²) in [5.74, 6) is 0. The Labute approximate surface area is 120 Å². The number of hydrogen-bond acceptors (Lipinski definition) is 2. The van der Waals surface area contributed by atoms with Crippen LogP contribution in [-0.4, -0.2) is 37.1 Å². The molecule has 2 nitrogen and oxygen atoms in total.